The van der Waals surface area contributed by atoms with Crippen LogP contribution in [0.15, 0.2) is 54.9 Å². The molecule has 6 heteroatoms. The fraction of sp³-hybridized carbons (Fsp3) is 0.308. The van der Waals surface area contributed by atoms with Gasteiger partial charge in [0.2, 0.25) is 0 Å². The number of imidazole rings is 1. The smallest absolute Gasteiger partial charge is 0.355 e. The molecule has 2 aromatic carbocycles. The van der Waals surface area contributed by atoms with Crippen molar-refractivity contribution in [1.29, 1.82) is 0 Å². The molecule has 2 heterocycles. The number of nitrogens with zero attached hydrogens (tertiary/aromatic N) is 2. The third kappa shape index (κ3) is 4.44. The van der Waals surface area contributed by atoms with E-state index < -0.39 is 5.97 Å². The molecule has 32 heavy (non-hydrogen) atoms. The van der Waals surface area contributed by atoms with Gasteiger partial charge in [-0.25, -0.2) is 9.78 Å². The first kappa shape index (κ1) is 22.2. The van der Waals surface area contributed by atoms with E-state index in [0.29, 0.717) is 17.3 Å². The maximum absolute atomic E-state index is 13.0. The lowest BCUT2D eigenvalue weighted by Crippen LogP contribution is -2.12. The second kappa shape index (κ2) is 8.83. The number of fused-ring (bicyclic) bond motifs is 1. The number of hydrogen-bond acceptors (Lipinski definition) is 3. The zero-order chi connectivity index (χ0) is 22.9. The molecule has 0 amide bonds. The van der Waals surface area contributed by atoms with E-state index in [9.17, 15) is 4.79 Å². The number of benzene rings is 2. The van der Waals surface area contributed by atoms with Crippen LogP contribution in [0.25, 0.3) is 33.4 Å². The Kier molecular flexibility index (Phi) is 6.11. The SMILES string of the molecule is CCOC(=O)c1[nH]c2cc(Cl)ccc2c1-c1c(-c2ccccc2)ncn1CCC(C)(C)C. The Bertz CT molecular complexity index is 1250. The van der Waals surface area contributed by atoms with Gasteiger partial charge in [0.25, 0.3) is 0 Å². The molecule has 0 aliphatic rings. The summed E-state index contributed by atoms with van der Waals surface area (Å²) in [6.07, 6.45) is 2.83. The Morgan fingerprint density at radius 1 is 1.16 bits per heavy atom. The molecule has 4 rings (SSSR count). The van der Waals surface area contributed by atoms with Crippen molar-refractivity contribution in [3.8, 4) is 22.5 Å². The van der Waals surface area contributed by atoms with Crippen LogP contribution >= 0.6 is 11.6 Å². The Morgan fingerprint density at radius 2 is 1.91 bits per heavy atom. The quantitative estimate of drug-likeness (QED) is 0.323. The van der Waals surface area contributed by atoms with Crippen LogP contribution in [0.3, 0.4) is 0 Å². The lowest BCUT2D eigenvalue weighted by molar-refractivity contribution is 0.0521. The van der Waals surface area contributed by atoms with E-state index in [2.05, 4.69) is 30.3 Å². The second-order valence-electron chi connectivity index (χ2n) is 9.10. The van der Waals surface area contributed by atoms with Gasteiger partial charge in [0.1, 0.15) is 5.69 Å². The number of esters is 1. The summed E-state index contributed by atoms with van der Waals surface area (Å²) in [5, 5.41) is 1.51. The van der Waals surface area contributed by atoms with Crippen LogP contribution in [0.5, 0.6) is 0 Å². The lowest BCUT2D eigenvalue weighted by atomic mass is 9.92. The van der Waals surface area contributed by atoms with E-state index in [1.165, 1.54) is 0 Å². The Labute approximate surface area is 193 Å². The molecule has 0 bridgehead atoms. The van der Waals surface area contributed by atoms with Crippen LogP contribution < -0.4 is 0 Å². The largest absolute Gasteiger partial charge is 0.461 e. The zero-order valence-electron chi connectivity index (χ0n) is 18.9. The number of nitrogens with one attached hydrogen (secondary N) is 1. The van der Waals surface area contributed by atoms with Crippen LogP contribution in [0.2, 0.25) is 5.02 Å². The Balaban J connectivity index is 2.00. The fourth-order valence-electron chi connectivity index (χ4n) is 3.85. The number of rotatable bonds is 6. The first-order valence-electron chi connectivity index (χ1n) is 10.9. The van der Waals surface area contributed by atoms with Crippen molar-refractivity contribution in [1.82, 2.24) is 14.5 Å². The van der Waals surface area contributed by atoms with E-state index in [4.69, 9.17) is 21.3 Å². The summed E-state index contributed by atoms with van der Waals surface area (Å²) < 4.78 is 7.54. The molecule has 0 saturated heterocycles. The third-order valence-corrected chi connectivity index (χ3v) is 5.70. The minimum Gasteiger partial charge on any atom is -0.461 e. The van der Waals surface area contributed by atoms with Crippen LogP contribution in [0.4, 0.5) is 0 Å². The predicted octanol–water partition coefficient (Wildman–Crippen LogP) is 6.96. The van der Waals surface area contributed by atoms with Crippen LogP contribution in [-0.4, -0.2) is 27.1 Å². The fourth-order valence-corrected chi connectivity index (χ4v) is 4.02. The molecular formula is C26H28ClN3O2. The Morgan fingerprint density at radius 3 is 2.59 bits per heavy atom. The summed E-state index contributed by atoms with van der Waals surface area (Å²) in [5.41, 5.74) is 4.89. The average Bonchev–Trinajstić information content (AvgIpc) is 3.33. The molecule has 0 aliphatic carbocycles. The summed E-state index contributed by atoms with van der Waals surface area (Å²) in [5.74, 6) is -0.391. The summed E-state index contributed by atoms with van der Waals surface area (Å²) in [6.45, 7) is 9.54. The number of halogens is 1. The van der Waals surface area contributed by atoms with E-state index in [1.807, 2.05) is 54.9 Å². The number of carbonyl (C=O) groups is 1. The van der Waals surface area contributed by atoms with Gasteiger partial charge >= 0.3 is 5.97 Å². The van der Waals surface area contributed by atoms with Gasteiger partial charge in [0.15, 0.2) is 0 Å². The summed E-state index contributed by atoms with van der Waals surface area (Å²) >= 11 is 6.25. The number of carbonyl (C=O) groups excluding carboxylic acids is 1. The highest BCUT2D eigenvalue weighted by Crippen LogP contribution is 2.40. The van der Waals surface area contributed by atoms with Gasteiger partial charge in [-0.3, -0.25) is 0 Å². The summed E-state index contributed by atoms with van der Waals surface area (Å²) in [4.78, 5) is 21.0. The van der Waals surface area contributed by atoms with Gasteiger partial charge in [-0.15, -0.1) is 0 Å². The third-order valence-electron chi connectivity index (χ3n) is 5.46. The van der Waals surface area contributed by atoms with Gasteiger partial charge in [-0.2, -0.15) is 0 Å². The second-order valence-corrected chi connectivity index (χ2v) is 9.53. The number of hydrogen-bond donors (Lipinski definition) is 1. The van der Waals surface area contributed by atoms with Crippen molar-refractivity contribution in [2.45, 2.75) is 40.7 Å². The number of H-pyrrole nitrogens is 1. The molecule has 0 spiro atoms. The maximum Gasteiger partial charge on any atom is 0.355 e. The molecule has 0 radical (unpaired) electrons. The molecule has 5 nitrogen and oxygen atoms in total. The first-order chi connectivity index (χ1) is 15.3. The molecular weight excluding hydrogens is 422 g/mol. The Hall–Kier alpha value is -3.05. The molecule has 2 aromatic heterocycles. The normalized spacial score (nSPS) is 11.8. The molecule has 4 aromatic rings. The molecule has 0 fully saturated rings. The van der Waals surface area contributed by atoms with Crippen LogP contribution in [0, 0.1) is 5.41 Å². The molecule has 0 atom stereocenters. The van der Waals surface area contributed by atoms with Crippen LogP contribution in [-0.2, 0) is 11.3 Å². The summed E-state index contributed by atoms with van der Waals surface area (Å²) in [6, 6.07) is 15.7. The first-order valence-corrected chi connectivity index (χ1v) is 11.3. The highest BCUT2D eigenvalue weighted by atomic mass is 35.5. The van der Waals surface area contributed by atoms with Crippen molar-refractivity contribution in [3.63, 3.8) is 0 Å². The van der Waals surface area contributed by atoms with Gasteiger partial charge in [-0.05, 0) is 30.9 Å². The van der Waals surface area contributed by atoms with Crippen molar-refractivity contribution in [2.24, 2.45) is 5.41 Å². The van der Waals surface area contributed by atoms with Gasteiger partial charge in [0, 0.05) is 33.6 Å². The lowest BCUT2D eigenvalue weighted by Gasteiger charge is -2.19. The number of aromatic nitrogens is 3. The van der Waals surface area contributed by atoms with Crippen molar-refractivity contribution < 1.29 is 9.53 Å². The highest BCUT2D eigenvalue weighted by molar-refractivity contribution is 6.31. The average molecular weight is 450 g/mol. The van der Waals surface area contributed by atoms with E-state index in [0.717, 1.165) is 46.4 Å². The maximum atomic E-state index is 13.0. The van der Waals surface area contributed by atoms with E-state index in [1.54, 1.807) is 6.92 Å². The topological polar surface area (TPSA) is 59.9 Å². The predicted molar refractivity (Wildman–Crippen MR) is 130 cm³/mol. The molecule has 0 aliphatic heterocycles. The molecule has 166 valence electrons. The van der Waals surface area contributed by atoms with E-state index >= 15 is 0 Å². The molecule has 0 unspecified atom stereocenters. The van der Waals surface area contributed by atoms with E-state index in [-0.39, 0.29) is 5.41 Å². The summed E-state index contributed by atoms with van der Waals surface area (Å²) in [7, 11) is 0. The molecule has 1 N–H and O–H groups in total. The number of aryl methyl sites for hydroxylation is 1. The van der Waals surface area contributed by atoms with Crippen molar-refractivity contribution in [3.05, 3.63) is 65.6 Å². The van der Waals surface area contributed by atoms with Crippen molar-refractivity contribution >= 4 is 28.5 Å². The van der Waals surface area contributed by atoms with Gasteiger partial charge in [0.05, 0.1) is 24.3 Å². The minimum absolute atomic E-state index is 0.159. The van der Waals surface area contributed by atoms with Crippen LogP contribution in [0.1, 0.15) is 44.6 Å². The molecule has 0 saturated carbocycles. The standard InChI is InChI=1S/C26H28ClN3O2/c1-5-32-25(31)23-21(19-12-11-18(27)15-20(19)29-23)24-22(17-9-7-6-8-10-17)28-16-30(24)14-13-26(2,3)4/h6-12,15-16,29H,5,13-14H2,1-4H3. The minimum atomic E-state index is -0.391. The van der Waals surface area contributed by atoms with Crippen molar-refractivity contribution in [2.75, 3.05) is 6.61 Å². The zero-order valence-corrected chi connectivity index (χ0v) is 19.7. The monoisotopic (exact) mass is 449 g/mol. The number of aromatic amines is 1. The van der Waals surface area contributed by atoms with Gasteiger partial charge < -0.3 is 14.3 Å². The highest BCUT2D eigenvalue weighted by Gasteiger charge is 2.26. The van der Waals surface area contributed by atoms with Gasteiger partial charge in [-0.1, -0.05) is 68.8 Å². The number of ether oxygens (including phenoxy) is 1.